The number of benzene rings is 2. The molecule has 3 aromatic rings. The lowest BCUT2D eigenvalue weighted by Crippen LogP contribution is -2.36. The smallest absolute Gasteiger partial charge is 0.251 e. The molecule has 3 rings (SSSR count). The van der Waals surface area contributed by atoms with Crippen LogP contribution in [0.15, 0.2) is 74.7 Å². The molecule has 0 fully saturated rings. The summed E-state index contributed by atoms with van der Waals surface area (Å²) in [6.07, 6.45) is 0. The van der Waals surface area contributed by atoms with Gasteiger partial charge >= 0.3 is 0 Å². The van der Waals surface area contributed by atoms with Crippen molar-refractivity contribution in [2.24, 2.45) is 0 Å². The maximum atomic E-state index is 13.0. The highest BCUT2D eigenvalue weighted by molar-refractivity contribution is 9.11. The van der Waals surface area contributed by atoms with Crippen LogP contribution in [0.1, 0.15) is 18.5 Å². The monoisotopic (exact) mass is 507 g/mol. The standard InChI is InChI=1S/C20H18BrN3O4S2/c1-13(25)22-15-7-9-16(10-8-15)23-20(26)19(14-5-3-2-4-6-14)24-30(27,28)18-12-11-17(21)29-18/h2-12,19,24H,1H3,(H,22,25)(H,23,26)/t19-/m0/s1. The molecule has 30 heavy (non-hydrogen) atoms. The molecular formula is C20H18BrN3O4S2. The first-order chi connectivity index (χ1) is 14.2. The Bertz CT molecular complexity index is 1150. The summed E-state index contributed by atoms with van der Waals surface area (Å²) in [4.78, 5) is 24.1. The first-order valence-electron chi connectivity index (χ1n) is 8.76. The maximum Gasteiger partial charge on any atom is 0.251 e. The van der Waals surface area contributed by atoms with E-state index in [2.05, 4.69) is 31.3 Å². The van der Waals surface area contributed by atoms with E-state index in [1.165, 1.54) is 13.0 Å². The minimum Gasteiger partial charge on any atom is -0.326 e. The lowest BCUT2D eigenvalue weighted by atomic mass is 10.1. The number of hydrogen-bond donors (Lipinski definition) is 3. The molecule has 7 nitrogen and oxygen atoms in total. The van der Waals surface area contributed by atoms with Crippen molar-refractivity contribution in [2.75, 3.05) is 10.6 Å². The summed E-state index contributed by atoms with van der Waals surface area (Å²) < 4.78 is 28.8. The van der Waals surface area contributed by atoms with Crippen molar-refractivity contribution in [3.63, 3.8) is 0 Å². The molecule has 0 aliphatic heterocycles. The van der Waals surface area contributed by atoms with E-state index in [1.807, 2.05) is 0 Å². The van der Waals surface area contributed by atoms with E-state index in [1.54, 1.807) is 60.7 Å². The van der Waals surface area contributed by atoms with E-state index in [4.69, 9.17) is 0 Å². The molecule has 2 aromatic carbocycles. The molecule has 0 unspecified atom stereocenters. The molecule has 0 spiro atoms. The highest BCUT2D eigenvalue weighted by Crippen LogP contribution is 2.28. The lowest BCUT2D eigenvalue weighted by Gasteiger charge is -2.18. The van der Waals surface area contributed by atoms with Gasteiger partial charge in [0.1, 0.15) is 10.3 Å². The quantitative estimate of drug-likeness (QED) is 0.447. The molecule has 0 saturated heterocycles. The van der Waals surface area contributed by atoms with Crippen molar-refractivity contribution in [2.45, 2.75) is 17.2 Å². The van der Waals surface area contributed by atoms with Crippen LogP contribution in [-0.4, -0.2) is 20.2 Å². The molecule has 156 valence electrons. The van der Waals surface area contributed by atoms with Crippen LogP contribution in [0.5, 0.6) is 0 Å². The van der Waals surface area contributed by atoms with Gasteiger partial charge in [-0.25, -0.2) is 8.42 Å². The number of sulfonamides is 1. The normalized spacial score (nSPS) is 12.2. The molecule has 1 aromatic heterocycles. The zero-order chi connectivity index (χ0) is 21.7. The maximum absolute atomic E-state index is 13.0. The first-order valence-corrected chi connectivity index (χ1v) is 11.8. The molecule has 0 aliphatic carbocycles. The van der Waals surface area contributed by atoms with Crippen molar-refractivity contribution in [1.29, 1.82) is 0 Å². The molecule has 0 radical (unpaired) electrons. The summed E-state index contributed by atoms with van der Waals surface area (Å²) >= 11 is 4.30. The highest BCUT2D eigenvalue weighted by Gasteiger charge is 2.28. The molecule has 2 amide bonds. The van der Waals surface area contributed by atoms with Gasteiger partial charge in [-0.15, -0.1) is 11.3 Å². The zero-order valence-corrected chi connectivity index (χ0v) is 19.0. The Balaban J connectivity index is 1.83. The van der Waals surface area contributed by atoms with Crippen molar-refractivity contribution >= 4 is 60.5 Å². The van der Waals surface area contributed by atoms with Gasteiger partial charge < -0.3 is 10.6 Å². The number of anilines is 2. The molecular weight excluding hydrogens is 490 g/mol. The van der Waals surface area contributed by atoms with Gasteiger partial charge in [-0.2, -0.15) is 4.72 Å². The fourth-order valence-electron chi connectivity index (χ4n) is 2.63. The third kappa shape index (κ3) is 5.76. The number of carbonyl (C=O) groups is 2. The highest BCUT2D eigenvalue weighted by atomic mass is 79.9. The number of thiophene rings is 1. The van der Waals surface area contributed by atoms with E-state index in [9.17, 15) is 18.0 Å². The van der Waals surface area contributed by atoms with Crippen LogP contribution in [0.2, 0.25) is 0 Å². The zero-order valence-electron chi connectivity index (χ0n) is 15.8. The van der Waals surface area contributed by atoms with Crippen LogP contribution in [0.4, 0.5) is 11.4 Å². The molecule has 0 aliphatic rings. The Morgan fingerprint density at radius 2 is 1.50 bits per heavy atom. The summed E-state index contributed by atoms with van der Waals surface area (Å²) in [5.74, 6) is -0.738. The van der Waals surface area contributed by atoms with Gasteiger partial charge in [0.2, 0.25) is 11.8 Å². The number of amides is 2. The van der Waals surface area contributed by atoms with Gasteiger partial charge in [-0.1, -0.05) is 30.3 Å². The predicted molar refractivity (Wildman–Crippen MR) is 121 cm³/mol. The van der Waals surface area contributed by atoms with E-state index < -0.39 is 22.0 Å². The van der Waals surface area contributed by atoms with E-state index in [0.717, 1.165) is 11.3 Å². The van der Waals surface area contributed by atoms with Gasteiger partial charge in [-0.3, -0.25) is 9.59 Å². The van der Waals surface area contributed by atoms with Crippen LogP contribution in [0.25, 0.3) is 0 Å². The molecule has 1 heterocycles. The minimum atomic E-state index is -3.91. The molecule has 3 N–H and O–H groups in total. The van der Waals surface area contributed by atoms with Crippen molar-refractivity contribution in [3.05, 3.63) is 76.1 Å². The molecule has 0 saturated carbocycles. The predicted octanol–water partition coefficient (Wildman–Crippen LogP) is 4.13. The third-order valence-electron chi connectivity index (χ3n) is 3.95. The van der Waals surface area contributed by atoms with Crippen LogP contribution in [-0.2, 0) is 19.6 Å². The van der Waals surface area contributed by atoms with E-state index in [0.29, 0.717) is 20.7 Å². The Kier molecular flexibility index (Phi) is 7.03. The third-order valence-corrected chi connectivity index (χ3v) is 7.49. The van der Waals surface area contributed by atoms with Crippen LogP contribution in [0.3, 0.4) is 0 Å². The molecule has 0 bridgehead atoms. The second kappa shape index (κ2) is 9.52. The number of carbonyl (C=O) groups excluding carboxylic acids is 2. The summed E-state index contributed by atoms with van der Waals surface area (Å²) in [6, 6.07) is 17.1. The first kappa shape index (κ1) is 22.2. The van der Waals surface area contributed by atoms with Crippen LogP contribution in [0, 0.1) is 0 Å². The summed E-state index contributed by atoms with van der Waals surface area (Å²) in [5.41, 5.74) is 1.56. The minimum absolute atomic E-state index is 0.0998. The summed E-state index contributed by atoms with van der Waals surface area (Å²) in [7, 11) is -3.91. The average molecular weight is 508 g/mol. The summed E-state index contributed by atoms with van der Waals surface area (Å²) in [5, 5.41) is 5.36. The number of halogens is 1. The largest absolute Gasteiger partial charge is 0.326 e. The van der Waals surface area contributed by atoms with Gasteiger partial charge in [-0.05, 0) is 57.9 Å². The Hall–Kier alpha value is -2.53. The SMILES string of the molecule is CC(=O)Nc1ccc(NC(=O)[C@@H](NS(=O)(=O)c2ccc(Br)s2)c2ccccc2)cc1. The fraction of sp³-hybridized carbons (Fsp3) is 0.100. The average Bonchev–Trinajstić information content (AvgIpc) is 3.15. The Morgan fingerprint density at radius 3 is 2.03 bits per heavy atom. The molecule has 1 atom stereocenters. The van der Waals surface area contributed by atoms with Crippen LogP contribution >= 0.6 is 27.3 Å². The van der Waals surface area contributed by atoms with E-state index >= 15 is 0 Å². The van der Waals surface area contributed by atoms with Crippen molar-refractivity contribution < 1.29 is 18.0 Å². The van der Waals surface area contributed by atoms with Crippen molar-refractivity contribution in [1.82, 2.24) is 4.72 Å². The lowest BCUT2D eigenvalue weighted by molar-refractivity contribution is -0.118. The number of hydrogen-bond acceptors (Lipinski definition) is 5. The van der Waals surface area contributed by atoms with Crippen LogP contribution < -0.4 is 15.4 Å². The number of nitrogens with one attached hydrogen (secondary N) is 3. The van der Waals surface area contributed by atoms with Gasteiger partial charge in [0.05, 0.1) is 3.79 Å². The van der Waals surface area contributed by atoms with Crippen molar-refractivity contribution in [3.8, 4) is 0 Å². The van der Waals surface area contributed by atoms with E-state index in [-0.39, 0.29) is 10.1 Å². The Labute approximate surface area is 186 Å². The summed E-state index contributed by atoms with van der Waals surface area (Å²) in [6.45, 7) is 1.40. The second-order valence-corrected chi connectivity index (χ2v) is 10.7. The topological polar surface area (TPSA) is 104 Å². The fourth-order valence-corrected chi connectivity index (χ4v) is 5.84. The van der Waals surface area contributed by atoms with Gasteiger partial charge in [0, 0.05) is 18.3 Å². The second-order valence-electron chi connectivity index (χ2n) is 6.27. The van der Waals surface area contributed by atoms with Gasteiger partial charge in [0.15, 0.2) is 0 Å². The van der Waals surface area contributed by atoms with Gasteiger partial charge in [0.25, 0.3) is 10.0 Å². The Morgan fingerprint density at radius 1 is 0.900 bits per heavy atom. The number of rotatable bonds is 7. The molecule has 10 heteroatoms.